The van der Waals surface area contributed by atoms with Gasteiger partial charge in [-0.15, -0.1) is 0 Å². The zero-order chi connectivity index (χ0) is 7.40. The third kappa shape index (κ3) is 1.69. The van der Waals surface area contributed by atoms with Crippen LogP contribution >= 0.6 is 0 Å². The molecule has 1 aromatic heterocycles. The second-order valence-corrected chi connectivity index (χ2v) is 1.93. The lowest BCUT2D eigenvalue weighted by Crippen LogP contribution is -1.95. The van der Waals surface area contributed by atoms with Gasteiger partial charge in [0.1, 0.15) is 0 Å². The summed E-state index contributed by atoms with van der Waals surface area (Å²) in [5.41, 5.74) is 0.906. The molecule has 0 fully saturated rings. The Labute approximate surface area is 60.1 Å². The van der Waals surface area contributed by atoms with Crippen LogP contribution in [0.5, 0.6) is 5.88 Å². The highest BCUT2D eigenvalue weighted by Crippen LogP contribution is 2.01. The summed E-state index contributed by atoms with van der Waals surface area (Å²) in [7, 11) is 0. The summed E-state index contributed by atoms with van der Waals surface area (Å²) < 4.78 is 5.09. The van der Waals surface area contributed by atoms with Gasteiger partial charge in [0.25, 0.3) is 0 Å². The van der Waals surface area contributed by atoms with Gasteiger partial charge in [-0.3, -0.25) is 4.98 Å². The van der Waals surface area contributed by atoms with Crippen LogP contribution in [0.3, 0.4) is 0 Å². The maximum absolute atomic E-state index is 5.09. The molecule has 0 N–H and O–H groups in total. The van der Waals surface area contributed by atoms with Gasteiger partial charge in [0.2, 0.25) is 5.88 Å². The molecule has 0 aliphatic rings. The van der Waals surface area contributed by atoms with Gasteiger partial charge in [0.05, 0.1) is 24.7 Å². The van der Waals surface area contributed by atoms with Gasteiger partial charge in [-0.25, -0.2) is 4.98 Å². The van der Waals surface area contributed by atoms with E-state index in [1.165, 1.54) is 0 Å². The number of nitrogens with zero attached hydrogens (tertiary/aromatic N) is 2. The van der Waals surface area contributed by atoms with Crippen LogP contribution < -0.4 is 4.74 Å². The van der Waals surface area contributed by atoms with Crippen molar-refractivity contribution < 1.29 is 4.74 Å². The fourth-order valence-electron chi connectivity index (χ4n) is 0.603. The van der Waals surface area contributed by atoms with E-state index in [0.29, 0.717) is 12.5 Å². The minimum absolute atomic E-state index is 0.591. The molecule has 0 atom stereocenters. The molecule has 3 nitrogen and oxygen atoms in total. The van der Waals surface area contributed by atoms with Gasteiger partial charge in [-0.1, -0.05) is 0 Å². The fourth-order valence-corrected chi connectivity index (χ4v) is 0.603. The Morgan fingerprint density at radius 2 is 2.20 bits per heavy atom. The molecule has 0 radical (unpaired) electrons. The van der Waals surface area contributed by atoms with Crippen LogP contribution in [0.2, 0.25) is 0 Å². The van der Waals surface area contributed by atoms with Crippen molar-refractivity contribution in [2.45, 2.75) is 13.8 Å². The minimum Gasteiger partial charge on any atom is -0.477 e. The van der Waals surface area contributed by atoms with Crippen LogP contribution in [-0.2, 0) is 0 Å². The molecule has 0 aliphatic carbocycles. The zero-order valence-corrected chi connectivity index (χ0v) is 6.16. The van der Waals surface area contributed by atoms with Crippen molar-refractivity contribution in [2.75, 3.05) is 6.61 Å². The van der Waals surface area contributed by atoms with Gasteiger partial charge >= 0.3 is 0 Å². The second kappa shape index (κ2) is 3.15. The SMILES string of the molecule is CCOc1cnc(C)cn1. The third-order valence-electron chi connectivity index (χ3n) is 1.05. The lowest BCUT2D eigenvalue weighted by Gasteiger charge is -1.98. The maximum atomic E-state index is 5.09. The molecule has 1 rings (SSSR count). The zero-order valence-electron chi connectivity index (χ0n) is 6.16. The van der Waals surface area contributed by atoms with Crippen molar-refractivity contribution in [3.05, 3.63) is 18.1 Å². The van der Waals surface area contributed by atoms with Crippen molar-refractivity contribution >= 4 is 0 Å². The number of aryl methyl sites for hydroxylation is 1. The standard InChI is InChI=1S/C7H10N2O/c1-3-10-7-5-8-6(2)4-9-7/h4-5H,3H2,1-2H3. The third-order valence-corrected chi connectivity index (χ3v) is 1.05. The van der Waals surface area contributed by atoms with Crippen LogP contribution in [0.4, 0.5) is 0 Å². The van der Waals surface area contributed by atoms with Crippen LogP contribution in [0.25, 0.3) is 0 Å². The number of ether oxygens (including phenoxy) is 1. The minimum atomic E-state index is 0.591. The van der Waals surface area contributed by atoms with E-state index in [-0.39, 0.29) is 0 Å². The van der Waals surface area contributed by atoms with Gasteiger partial charge in [-0.2, -0.15) is 0 Å². The van der Waals surface area contributed by atoms with Crippen molar-refractivity contribution in [3.8, 4) is 5.88 Å². The molecule has 0 saturated heterocycles. The Kier molecular flexibility index (Phi) is 2.20. The van der Waals surface area contributed by atoms with Crippen LogP contribution in [0, 0.1) is 6.92 Å². The highest BCUT2D eigenvalue weighted by Gasteiger charge is 1.91. The number of hydrogen-bond acceptors (Lipinski definition) is 3. The Morgan fingerprint density at radius 3 is 2.70 bits per heavy atom. The average molecular weight is 138 g/mol. The van der Waals surface area contributed by atoms with Crippen molar-refractivity contribution in [1.29, 1.82) is 0 Å². The van der Waals surface area contributed by atoms with Crippen LogP contribution in [0.1, 0.15) is 12.6 Å². The lowest BCUT2D eigenvalue weighted by atomic mass is 10.5. The van der Waals surface area contributed by atoms with Gasteiger partial charge in [0.15, 0.2) is 0 Å². The normalized spacial score (nSPS) is 9.40. The second-order valence-electron chi connectivity index (χ2n) is 1.93. The molecular formula is C7H10N2O. The molecule has 0 bridgehead atoms. The first kappa shape index (κ1) is 6.99. The Bertz CT molecular complexity index is 195. The average Bonchev–Trinajstić information content (AvgIpc) is 1.95. The Morgan fingerprint density at radius 1 is 1.40 bits per heavy atom. The number of aromatic nitrogens is 2. The fraction of sp³-hybridized carbons (Fsp3) is 0.429. The van der Waals surface area contributed by atoms with E-state index in [1.807, 2.05) is 13.8 Å². The Hall–Kier alpha value is -1.12. The highest BCUT2D eigenvalue weighted by molar-refractivity contribution is 5.05. The van der Waals surface area contributed by atoms with E-state index in [2.05, 4.69) is 9.97 Å². The summed E-state index contributed by atoms with van der Waals surface area (Å²) in [5.74, 6) is 0.591. The van der Waals surface area contributed by atoms with Crippen LogP contribution in [0.15, 0.2) is 12.4 Å². The summed E-state index contributed by atoms with van der Waals surface area (Å²) in [6.07, 6.45) is 3.31. The van der Waals surface area contributed by atoms with E-state index in [1.54, 1.807) is 12.4 Å². The van der Waals surface area contributed by atoms with E-state index in [4.69, 9.17) is 4.74 Å². The molecular weight excluding hydrogens is 128 g/mol. The Balaban J connectivity index is 2.69. The molecule has 0 aromatic carbocycles. The molecule has 54 valence electrons. The van der Waals surface area contributed by atoms with E-state index in [9.17, 15) is 0 Å². The molecule has 0 unspecified atom stereocenters. The largest absolute Gasteiger partial charge is 0.477 e. The summed E-state index contributed by atoms with van der Waals surface area (Å²) in [6, 6.07) is 0. The highest BCUT2D eigenvalue weighted by atomic mass is 16.5. The monoisotopic (exact) mass is 138 g/mol. The van der Waals surface area contributed by atoms with Gasteiger partial charge < -0.3 is 4.74 Å². The van der Waals surface area contributed by atoms with E-state index >= 15 is 0 Å². The summed E-state index contributed by atoms with van der Waals surface area (Å²) in [6.45, 7) is 4.45. The van der Waals surface area contributed by atoms with Gasteiger partial charge in [0, 0.05) is 0 Å². The summed E-state index contributed by atoms with van der Waals surface area (Å²) >= 11 is 0. The topological polar surface area (TPSA) is 35.0 Å². The predicted octanol–water partition coefficient (Wildman–Crippen LogP) is 1.18. The molecule has 0 saturated carbocycles. The molecule has 1 heterocycles. The molecule has 0 spiro atoms. The molecule has 10 heavy (non-hydrogen) atoms. The first-order chi connectivity index (χ1) is 4.83. The first-order valence-electron chi connectivity index (χ1n) is 3.24. The molecule has 0 aliphatic heterocycles. The first-order valence-corrected chi connectivity index (χ1v) is 3.24. The summed E-state index contributed by atoms with van der Waals surface area (Å²) in [4.78, 5) is 7.99. The van der Waals surface area contributed by atoms with Crippen LogP contribution in [-0.4, -0.2) is 16.6 Å². The van der Waals surface area contributed by atoms with E-state index in [0.717, 1.165) is 5.69 Å². The van der Waals surface area contributed by atoms with Crippen molar-refractivity contribution in [2.24, 2.45) is 0 Å². The molecule has 0 amide bonds. The smallest absolute Gasteiger partial charge is 0.232 e. The van der Waals surface area contributed by atoms with E-state index < -0.39 is 0 Å². The van der Waals surface area contributed by atoms with Crippen molar-refractivity contribution in [3.63, 3.8) is 0 Å². The number of rotatable bonds is 2. The van der Waals surface area contributed by atoms with Crippen molar-refractivity contribution in [1.82, 2.24) is 9.97 Å². The molecule has 1 aromatic rings. The quantitative estimate of drug-likeness (QED) is 0.615. The molecule has 3 heteroatoms. The summed E-state index contributed by atoms with van der Waals surface area (Å²) in [5, 5.41) is 0. The maximum Gasteiger partial charge on any atom is 0.232 e. The number of hydrogen-bond donors (Lipinski definition) is 0. The lowest BCUT2D eigenvalue weighted by molar-refractivity contribution is 0.325. The van der Waals surface area contributed by atoms with Gasteiger partial charge in [-0.05, 0) is 13.8 Å². The predicted molar refractivity (Wildman–Crippen MR) is 37.9 cm³/mol.